The third kappa shape index (κ3) is 6.03. The Labute approximate surface area is 225 Å². The number of ether oxygens (including phenoxy) is 3. The zero-order valence-electron chi connectivity index (χ0n) is 21.5. The number of carbonyl (C=O) groups is 1. The van der Waals surface area contributed by atoms with Crippen molar-refractivity contribution in [2.45, 2.75) is 11.8 Å². The monoisotopic (exact) mass is 559 g/mol. The van der Waals surface area contributed by atoms with Crippen LogP contribution in [0.3, 0.4) is 0 Å². The van der Waals surface area contributed by atoms with Crippen LogP contribution in [-0.4, -0.2) is 81.0 Å². The van der Waals surface area contributed by atoms with Crippen LogP contribution in [-0.2, 0) is 19.5 Å². The van der Waals surface area contributed by atoms with Gasteiger partial charge in [-0.25, -0.2) is 13.4 Å². The van der Waals surface area contributed by atoms with E-state index in [0.29, 0.717) is 22.2 Å². The maximum atomic E-state index is 13.1. The number of hydrogen-bond acceptors (Lipinski definition) is 9. The predicted octanol–water partition coefficient (Wildman–Crippen LogP) is 3.33. The van der Waals surface area contributed by atoms with E-state index in [-0.39, 0.29) is 31.2 Å². The lowest BCUT2D eigenvalue weighted by Crippen LogP contribution is -2.36. The topological polar surface area (TPSA) is 125 Å². The standard InChI is InChI=1S/C25H29N5O6S2/c1-17-15-23(30(28-17)25-26-21-10-7-19(36-4)16-22(21)37-25)27-24(31)18-5-8-20(9-6-18)38(32,33)29(11-13-34-2)12-14-35-3/h5-10,15-16H,11-14H2,1-4H3,(H,27,31). The van der Waals surface area contributed by atoms with E-state index in [1.54, 1.807) is 17.9 Å². The van der Waals surface area contributed by atoms with Crippen LogP contribution in [0, 0.1) is 6.92 Å². The average Bonchev–Trinajstić information content (AvgIpc) is 3.50. The Morgan fingerprint density at radius 2 is 1.71 bits per heavy atom. The minimum atomic E-state index is -3.79. The second-order valence-corrected chi connectivity index (χ2v) is 11.2. The molecule has 0 saturated heterocycles. The fourth-order valence-corrected chi connectivity index (χ4v) is 6.07. The molecule has 1 N–H and O–H groups in total. The maximum absolute atomic E-state index is 13.1. The number of nitrogens with one attached hydrogen (secondary N) is 1. The summed E-state index contributed by atoms with van der Waals surface area (Å²) in [4.78, 5) is 17.8. The summed E-state index contributed by atoms with van der Waals surface area (Å²) in [7, 11) is 0.833. The SMILES string of the molecule is COCCN(CCOC)S(=O)(=O)c1ccc(C(=O)Nc2cc(C)nn2-c2nc3ccc(OC)cc3s2)cc1. The number of benzene rings is 2. The van der Waals surface area contributed by atoms with Gasteiger partial charge in [-0.05, 0) is 49.4 Å². The molecule has 0 radical (unpaired) electrons. The van der Waals surface area contributed by atoms with Gasteiger partial charge in [0.15, 0.2) is 0 Å². The number of sulfonamides is 1. The first-order valence-electron chi connectivity index (χ1n) is 11.7. The average molecular weight is 560 g/mol. The van der Waals surface area contributed by atoms with Gasteiger partial charge in [-0.15, -0.1) is 0 Å². The van der Waals surface area contributed by atoms with Gasteiger partial charge in [-0.1, -0.05) is 11.3 Å². The Kier molecular flexibility index (Phi) is 8.74. The van der Waals surface area contributed by atoms with Crippen LogP contribution >= 0.6 is 11.3 Å². The molecule has 13 heteroatoms. The number of anilines is 1. The number of amides is 1. The summed E-state index contributed by atoms with van der Waals surface area (Å²) >= 11 is 1.42. The molecule has 4 rings (SSSR count). The summed E-state index contributed by atoms with van der Waals surface area (Å²) in [5, 5.41) is 7.94. The lowest BCUT2D eigenvalue weighted by molar-refractivity contribution is 0.102. The number of methoxy groups -OCH3 is 3. The minimum absolute atomic E-state index is 0.0760. The number of hydrogen-bond donors (Lipinski definition) is 1. The Morgan fingerprint density at radius 1 is 1.03 bits per heavy atom. The number of aromatic nitrogens is 3. The van der Waals surface area contributed by atoms with Gasteiger partial charge < -0.3 is 19.5 Å². The summed E-state index contributed by atoms with van der Waals surface area (Å²) < 4.78 is 45.4. The zero-order valence-corrected chi connectivity index (χ0v) is 23.1. The van der Waals surface area contributed by atoms with Gasteiger partial charge in [0.1, 0.15) is 11.6 Å². The first kappa shape index (κ1) is 27.7. The van der Waals surface area contributed by atoms with Crippen molar-refractivity contribution in [2.24, 2.45) is 0 Å². The Morgan fingerprint density at radius 3 is 2.34 bits per heavy atom. The molecule has 11 nitrogen and oxygen atoms in total. The lowest BCUT2D eigenvalue weighted by Gasteiger charge is -2.21. The van der Waals surface area contributed by atoms with Gasteiger partial charge in [0.2, 0.25) is 15.2 Å². The molecular weight excluding hydrogens is 530 g/mol. The summed E-state index contributed by atoms with van der Waals surface area (Å²) in [5.41, 5.74) is 1.78. The van der Waals surface area contributed by atoms with Crippen molar-refractivity contribution >= 4 is 43.3 Å². The number of carbonyl (C=O) groups excluding carboxylic acids is 1. The van der Waals surface area contributed by atoms with E-state index >= 15 is 0 Å². The minimum Gasteiger partial charge on any atom is -0.497 e. The van der Waals surface area contributed by atoms with E-state index in [9.17, 15) is 13.2 Å². The van der Waals surface area contributed by atoms with E-state index in [1.807, 2.05) is 25.1 Å². The largest absolute Gasteiger partial charge is 0.497 e. The number of nitrogens with zero attached hydrogens (tertiary/aromatic N) is 4. The molecule has 1 amide bonds. The molecule has 2 heterocycles. The van der Waals surface area contributed by atoms with E-state index in [0.717, 1.165) is 16.0 Å². The van der Waals surface area contributed by atoms with E-state index in [1.165, 1.54) is 54.1 Å². The number of thiazole rings is 1. The van der Waals surface area contributed by atoms with Crippen LogP contribution in [0.1, 0.15) is 16.1 Å². The first-order chi connectivity index (χ1) is 18.3. The van der Waals surface area contributed by atoms with Gasteiger partial charge in [-0.2, -0.15) is 14.1 Å². The van der Waals surface area contributed by atoms with E-state index in [4.69, 9.17) is 14.2 Å². The molecule has 0 fully saturated rings. The van der Waals surface area contributed by atoms with Crippen molar-refractivity contribution in [2.75, 3.05) is 52.9 Å². The molecular formula is C25H29N5O6S2. The zero-order chi connectivity index (χ0) is 27.3. The van der Waals surface area contributed by atoms with Crippen molar-refractivity contribution in [3.05, 3.63) is 59.8 Å². The van der Waals surface area contributed by atoms with Crippen LogP contribution < -0.4 is 10.1 Å². The molecule has 0 bridgehead atoms. The second kappa shape index (κ2) is 12.0. The lowest BCUT2D eigenvalue weighted by atomic mass is 10.2. The Hall–Kier alpha value is -3.36. The van der Waals surface area contributed by atoms with Crippen molar-refractivity contribution in [3.63, 3.8) is 0 Å². The highest BCUT2D eigenvalue weighted by atomic mass is 32.2. The van der Waals surface area contributed by atoms with Crippen molar-refractivity contribution in [3.8, 4) is 10.9 Å². The third-order valence-electron chi connectivity index (χ3n) is 5.68. The Bertz CT molecular complexity index is 1510. The van der Waals surface area contributed by atoms with Crippen LogP contribution in [0.4, 0.5) is 5.82 Å². The molecule has 202 valence electrons. The van der Waals surface area contributed by atoms with Gasteiger partial charge in [-0.3, -0.25) is 4.79 Å². The highest BCUT2D eigenvalue weighted by Gasteiger charge is 2.24. The molecule has 4 aromatic rings. The Balaban J connectivity index is 1.54. The fraction of sp³-hybridized carbons (Fsp3) is 0.320. The van der Waals surface area contributed by atoms with E-state index < -0.39 is 15.9 Å². The predicted molar refractivity (Wildman–Crippen MR) is 145 cm³/mol. The molecule has 0 aliphatic rings. The summed E-state index contributed by atoms with van der Waals surface area (Å²) in [6.45, 7) is 2.69. The van der Waals surface area contributed by atoms with Gasteiger partial charge >= 0.3 is 0 Å². The van der Waals surface area contributed by atoms with Crippen LogP contribution in [0.15, 0.2) is 53.4 Å². The summed E-state index contributed by atoms with van der Waals surface area (Å²) in [5.74, 6) is 0.762. The molecule has 38 heavy (non-hydrogen) atoms. The van der Waals surface area contributed by atoms with E-state index in [2.05, 4.69) is 15.4 Å². The van der Waals surface area contributed by atoms with Crippen LogP contribution in [0.2, 0.25) is 0 Å². The molecule has 2 aromatic carbocycles. The number of fused-ring (bicyclic) bond motifs is 1. The summed E-state index contributed by atoms with van der Waals surface area (Å²) in [6, 6.07) is 13.1. The molecule has 0 saturated carbocycles. The van der Waals surface area contributed by atoms with Crippen LogP contribution in [0.5, 0.6) is 5.75 Å². The molecule has 0 atom stereocenters. The normalized spacial score (nSPS) is 11.8. The van der Waals surface area contributed by atoms with Crippen molar-refractivity contribution in [1.29, 1.82) is 0 Å². The summed E-state index contributed by atoms with van der Waals surface area (Å²) in [6.07, 6.45) is 0. The van der Waals surface area contributed by atoms with Gasteiger partial charge in [0.25, 0.3) is 5.91 Å². The van der Waals surface area contributed by atoms with Gasteiger partial charge in [0, 0.05) is 38.9 Å². The first-order valence-corrected chi connectivity index (χ1v) is 13.9. The quantitative estimate of drug-likeness (QED) is 0.280. The van der Waals surface area contributed by atoms with Gasteiger partial charge in [0.05, 0.1) is 41.1 Å². The number of rotatable bonds is 12. The highest BCUT2D eigenvalue weighted by Crippen LogP contribution is 2.30. The molecule has 0 spiro atoms. The highest BCUT2D eigenvalue weighted by molar-refractivity contribution is 7.89. The fourth-order valence-electron chi connectivity index (χ4n) is 3.70. The second-order valence-electron chi connectivity index (χ2n) is 8.28. The van der Waals surface area contributed by atoms with Crippen molar-refractivity contribution in [1.82, 2.24) is 19.1 Å². The van der Waals surface area contributed by atoms with Crippen molar-refractivity contribution < 1.29 is 27.4 Å². The molecule has 0 aliphatic heterocycles. The third-order valence-corrected chi connectivity index (χ3v) is 8.59. The molecule has 0 aliphatic carbocycles. The molecule has 0 unspecified atom stereocenters. The maximum Gasteiger partial charge on any atom is 0.256 e. The number of aryl methyl sites for hydroxylation is 1. The molecule has 2 aromatic heterocycles. The van der Waals surface area contributed by atoms with Crippen LogP contribution in [0.25, 0.3) is 15.3 Å². The smallest absolute Gasteiger partial charge is 0.256 e.